The van der Waals surface area contributed by atoms with Gasteiger partial charge in [0.1, 0.15) is 0 Å². The van der Waals surface area contributed by atoms with Crippen LogP contribution in [0.25, 0.3) is 0 Å². The summed E-state index contributed by atoms with van der Waals surface area (Å²) in [6, 6.07) is 6.13. The second kappa shape index (κ2) is 3.81. The lowest BCUT2D eigenvalue weighted by molar-refractivity contribution is -0.140. The van der Waals surface area contributed by atoms with E-state index in [1.54, 1.807) is 24.3 Å². The van der Waals surface area contributed by atoms with E-state index in [1.807, 2.05) is 0 Å². The van der Waals surface area contributed by atoms with Crippen molar-refractivity contribution in [3.63, 3.8) is 0 Å². The van der Waals surface area contributed by atoms with E-state index in [1.165, 1.54) is 0 Å². The van der Waals surface area contributed by atoms with Crippen molar-refractivity contribution in [2.24, 2.45) is 0 Å². The van der Waals surface area contributed by atoms with Crippen LogP contribution in [-0.4, -0.2) is 29.6 Å². The molecule has 0 radical (unpaired) electrons. The largest absolute Gasteiger partial charge is 0.481 e. The Morgan fingerprint density at radius 2 is 1.84 bits per heavy atom. The zero-order valence-electron chi connectivity index (χ0n) is 10.0. The number of nitrogens with one attached hydrogen (secondary N) is 1. The molecule has 0 spiro atoms. The molecule has 3 amide bonds. The fourth-order valence-electron chi connectivity index (χ4n) is 2.36. The summed E-state index contributed by atoms with van der Waals surface area (Å²) in [6.07, 6.45) is 1.26. The lowest BCUT2D eigenvalue weighted by atomic mass is 9.96. The molecule has 1 aromatic carbocycles. The summed E-state index contributed by atoms with van der Waals surface area (Å²) < 4.78 is 0. The summed E-state index contributed by atoms with van der Waals surface area (Å²) in [5.74, 6) is -1.13. The molecular formula is C13H12N2O4. The smallest absolute Gasteiger partial charge is 0.329 e. The van der Waals surface area contributed by atoms with Gasteiger partial charge in [0, 0.05) is 0 Å². The van der Waals surface area contributed by atoms with Gasteiger partial charge in [-0.1, -0.05) is 12.1 Å². The molecule has 19 heavy (non-hydrogen) atoms. The summed E-state index contributed by atoms with van der Waals surface area (Å²) in [7, 11) is 0. The number of benzene rings is 1. The first-order valence-corrected chi connectivity index (χ1v) is 5.99. The number of aliphatic carboxylic acids is 1. The van der Waals surface area contributed by atoms with E-state index in [-0.39, 0.29) is 12.5 Å². The van der Waals surface area contributed by atoms with E-state index in [9.17, 15) is 19.5 Å². The predicted octanol–water partition coefficient (Wildman–Crippen LogP) is 0.859. The molecule has 0 atom stereocenters. The van der Waals surface area contributed by atoms with Crippen molar-refractivity contribution < 1.29 is 19.5 Å². The molecule has 2 N–H and O–H groups in total. The third-order valence-electron chi connectivity index (χ3n) is 3.68. The third-order valence-corrected chi connectivity index (χ3v) is 3.68. The minimum atomic E-state index is -0.824. The van der Waals surface area contributed by atoms with Crippen molar-refractivity contribution in [2.75, 3.05) is 11.4 Å². The quantitative estimate of drug-likeness (QED) is 0.789. The average Bonchev–Trinajstić information content (AvgIpc) is 3.13. The number of nitrogens with zero attached hydrogens (tertiary/aromatic N) is 1. The Labute approximate surface area is 109 Å². The van der Waals surface area contributed by atoms with Crippen LogP contribution in [0, 0.1) is 0 Å². The Bertz CT molecular complexity index is 559. The first kappa shape index (κ1) is 11.7. The number of hydrogen-bond acceptors (Lipinski definition) is 3. The number of carboxylic acid groups (broad SMARTS) is 1. The predicted molar refractivity (Wildman–Crippen MR) is 65.9 cm³/mol. The van der Waals surface area contributed by atoms with Gasteiger partial charge in [0.05, 0.1) is 17.6 Å². The molecule has 2 fully saturated rings. The second-order valence-corrected chi connectivity index (χ2v) is 4.82. The zero-order chi connectivity index (χ0) is 13.6. The number of carbonyl (C=O) groups is 3. The summed E-state index contributed by atoms with van der Waals surface area (Å²) in [5, 5.41) is 11.6. The molecule has 3 rings (SSSR count). The second-order valence-electron chi connectivity index (χ2n) is 4.82. The van der Waals surface area contributed by atoms with Gasteiger partial charge in [-0.25, -0.2) is 9.69 Å². The molecule has 98 valence electrons. The summed E-state index contributed by atoms with van der Waals surface area (Å²) in [5.41, 5.74) is 0.413. The van der Waals surface area contributed by atoms with Gasteiger partial charge in [0.2, 0.25) is 0 Å². The minimum Gasteiger partial charge on any atom is -0.481 e. The first-order chi connectivity index (χ1) is 9.04. The van der Waals surface area contributed by atoms with Crippen LogP contribution in [0.5, 0.6) is 0 Å². The van der Waals surface area contributed by atoms with Crippen LogP contribution in [0.4, 0.5) is 10.5 Å². The van der Waals surface area contributed by atoms with Gasteiger partial charge in [0.15, 0.2) is 0 Å². The Hall–Kier alpha value is -2.37. The number of rotatable bonds is 3. The number of carbonyl (C=O) groups excluding carboxylic acids is 2. The molecule has 0 aromatic heterocycles. The van der Waals surface area contributed by atoms with Crippen molar-refractivity contribution >= 4 is 23.6 Å². The first-order valence-electron chi connectivity index (χ1n) is 5.99. The zero-order valence-corrected chi connectivity index (χ0v) is 10.0. The van der Waals surface area contributed by atoms with Crippen molar-refractivity contribution in [1.82, 2.24) is 5.32 Å². The standard InChI is InChI=1S/C13H12N2O4/c16-10-7-14-12(19)15(10)9-3-1-8(2-4-9)13(5-6-13)11(17)18/h1-4H,5-7H2,(H,14,19)(H,17,18). The highest BCUT2D eigenvalue weighted by molar-refractivity contribution is 6.19. The topological polar surface area (TPSA) is 86.7 Å². The van der Waals surface area contributed by atoms with Crippen LogP contribution < -0.4 is 10.2 Å². The summed E-state index contributed by atoms with van der Waals surface area (Å²) >= 11 is 0. The maximum atomic E-state index is 11.5. The minimum absolute atomic E-state index is 0.000349. The number of imide groups is 1. The van der Waals surface area contributed by atoms with Gasteiger partial charge in [0.25, 0.3) is 5.91 Å². The van der Waals surface area contributed by atoms with Crippen LogP contribution in [-0.2, 0) is 15.0 Å². The van der Waals surface area contributed by atoms with Gasteiger partial charge in [-0.2, -0.15) is 0 Å². The van der Waals surface area contributed by atoms with Gasteiger partial charge < -0.3 is 10.4 Å². The monoisotopic (exact) mass is 260 g/mol. The maximum absolute atomic E-state index is 11.5. The summed E-state index contributed by atoms with van der Waals surface area (Å²) in [6.45, 7) is -0.000349. The molecule has 1 aliphatic heterocycles. The maximum Gasteiger partial charge on any atom is 0.329 e. The Morgan fingerprint density at radius 3 is 2.26 bits per heavy atom. The molecular weight excluding hydrogens is 248 g/mol. The van der Waals surface area contributed by atoms with Gasteiger partial charge in [-0.15, -0.1) is 0 Å². The lowest BCUT2D eigenvalue weighted by Crippen LogP contribution is -2.30. The van der Waals surface area contributed by atoms with Crippen LogP contribution >= 0.6 is 0 Å². The van der Waals surface area contributed by atoms with Crippen LogP contribution in [0.2, 0.25) is 0 Å². The van der Waals surface area contributed by atoms with Crippen molar-refractivity contribution in [3.8, 4) is 0 Å². The molecule has 1 aliphatic carbocycles. The van der Waals surface area contributed by atoms with E-state index in [0.717, 1.165) is 10.5 Å². The van der Waals surface area contributed by atoms with Crippen LogP contribution in [0.1, 0.15) is 18.4 Å². The van der Waals surface area contributed by atoms with E-state index in [4.69, 9.17) is 0 Å². The number of anilines is 1. The highest BCUT2D eigenvalue weighted by atomic mass is 16.4. The van der Waals surface area contributed by atoms with Crippen LogP contribution in [0.15, 0.2) is 24.3 Å². The lowest BCUT2D eigenvalue weighted by Gasteiger charge is -2.15. The summed E-state index contributed by atoms with van der Waals surface area (Å²) in [4.78, 5) is 35.3. The highest BCUT2D eigenvalue weighted by Gasteiger charge is 2.51. The van der Waals surface area contributed by atoms with E-state index in [2.05, 4.69) is 5.32 Å². The third kappa shape index (κ3) is 1.68. The Morgan fingerprint density at radius 1 is 1.21 bits per heavy atom. The van der Waals surface area contributed by atoms with Gasteiger partial charge in [-0.05, 0) is 30.5 Å². The number of amides is 3. The van der Waals surface area contributed by atoms with Crippen LogP contribution in [0.3, 0.4) is 0 Å². The molecule has 6 heteroatoms. The Kier molecular flexibility index (Phi) is 2.35. The van der Waals surface area contributed by atoms with E-state index in [0.29, 0.717) is 18.5 Å². The molecule has 1 saturated heterocycles. The average molecular weight is 260 g/mol. The van der Waals surface area contributed by atoms with Crippen molar-refractivity contribution in [1.29, 1.82) is 0 Å². The molecule has 2 aliphatic rings. The fourth-order valence-corrected chi connectivity index (χ4v) is 2.36. The van der Waals surface area contributed by atoms with Gasteiger partial charge >= 0.3 is 12.0 Å². The SMILES string of the molecule is O=C1CNC(=O)N1c1ccc(C2(C(=O)O)CC2)cc1. The number of carboxylic acids is 1. The normalized spacial score (nSPS) is 20.3. The molecule has 1 saturated carbocycles. The Balaban J connectivity index is 1.90. The van der Waals surface area contributed by atoms with E-state index >= 15 is 0 Å². The fraction of sp³-hybridized carbons (Fsp3) is 0.308. The number of hydrogen-bond donors (Lipinski definition) is 2. The van der Waals surface area contributed by atoms with Crippen molar-refractivity contribution in [3.05, 3.63) is 29.8 Å². The highest BCUT2D eigenvalue weighted by Crippen LogP contribution is 2.48. The molecule has 0 unspecified atom stereocenters. The molecule has 0 bridgehead atoms. The molecule has 1 aromatic rings. The van der Waals surface area contributed by atoms with E-state index < -0.39 is 17.4 Å². The molecule has 6 nitrogen and oxygen atoms in total. The van der Waals surface area contributed by atoms with Crippen molar-refractivity contribution in [2.45, 2.75) is 18.3 Å². The molecule has 1 heterocycles. The number of urea groups is 1. The van der Waals surface area contributed by atoms with Gasteiger partial charge in [-0.3, -0.25) is 9.59 Å².